The van der Waals surface area contributed by atoms with Gasteiger partial charge in [0.05, 0.1) is 0 Å². The average molecular weight is 403 g/mol. The first kappa shape index (κ1) is 19.9. The smallest absolute Gasteiger partial charge is 0.190 e. The van der Waals surface area contributed by atoms with Gasteiger partial charge in [0.25, 0.3) is 0 Å². The Morgan fingerprint density at radius 2 is 1.38 bits per heavy atom. The average Bonchev–Trinajstić information content (AvgIpc) is 2.00. The molecule has 0 saturated heterocycles. The van der Waals surface area contributed by atoms with E-state index in [-0.39, 0.29) is 24.0 Å². The first-order valence-electron chi connectivity index (χ1n) is 5.56. The number of alkyl halides is 3. The maximum absolute atomic E-state index is 5.69. The predicted octanol–water partition coefficient (Wildman–Crippen LogP) is 5.26. The Hall–Kier alpha value is 1.56. The van der Waals surface area contributed by atoms with Gasteiger partial charge in [0, 0.05) is 12.1 Å². The topological polar surface area (TPSA) is 3.24 Å². The molecule has 1 nitrogen and oxygen atoms in total. The number of halogens is 4. The van der Waals surface area contributed by atoms with Crippen molar-refractivity contribution in [3.63, 3.8) is 0 Å². The SMILES string of the molecule is CC(C)N(CCCCC(Cl)(Cl)Cl)C(C)C.I. The van der Waals surface area contributed by atoms with Gasteiger partial charge >= 0.3 is 0 Å². The largest absolute Gasteiger partial charge is 0.299 e. The molecule has 0 aliphatic heterocycles. The lowest BCUT2D eigenvalue weighted by atomic mass is 10.2. The highest BCUT2D eigenvalue weighted by molar-refractivity contribution is 14.0. The summed E-state index contributed by atoms with van der Waals surface area (Å²) >= 11 is 17.1. The van der Waals surface area contributed by atoms with Crippen LogP contribution in [0, 0.1) is 0 Å². The molecule has 0 bridgehead atoms. The second kappa shape index (κ2) is 9.48. The van der Waals surface area contributed by atoms with Gasteiger partial charge in [-0.05, 0) is 53.5 Å². The van der Waals surface area contributed by atoms with Gasteiger partial charge in [-0.15, -0.1) is 24.0 Å². The highest BCUT2D eigenvalue weighted by Crippen LogP contribution is 2.31. The number of unbranched alkanes of at least 4 members (excludes halogenated alkanes) is 1. The van der Waals surface area contributed by atoms with Crippen LogP contribution in [0.2, 0.25) is 0 Å². The molecule has 0 heterocycles. The van der Waals surface area contributed by atoms with Crippen LogP contribution in [0.5, 0.6) is 0 Å². The molecule has 0 saturated carbocycles. The van der Waals surface area contributed by atoms with E-state index in [4.69, 9.17) is 34.8 Å². The van der Waals surface area contributed by atoms with Gasteiger partial charge in [-0.2, -0.15) is 0 Å². The molecular formula is C11H23Cl3IN. The molecule has 16 heavy (non-hydrogen) atoms. The third-order valence-electron chi connectivity index (χ3n) is 2.45. The van der Waals surface area contributed by atoms with Gasteiger partial charge in [-0.3, -0.25) is 4.90 Å². The minimum Gasteiger partial charge on any atom is -0.299 e. The summed E-state index contributed by atoms with van der Waals surface area (Å²) in [7, 11) is 0. The molecule has 0 aliphatic rings. The molecule has 0 aromatic heterocycles. The maximum atomic E-state index is 5.69. The lowest BCUT2D eigenvalue weighted by molar-refractivity contribution is 0.171. The summed E-state index contributed by atoms with van der Waals surface area (Å²) in [4.78, 5) is 2.46. The van der Waals surface area contributed by atoms with Gasteiger partial charge in [0.1, 0.15) is 0 Å². The Morgan fingerprint density at radius 1 is 0.938 bits per heavy atom. The van der Waals surface area contributed by atoms with Gasteiger partial charge in [0.2, 0.25) is 0 Å². The van der Waals surface area contributed by atoms with E-state index < -0.39 is 3.79 Å². The fourth-order valence-electron chi connectivity index (χ4n) is 1.73. The molecule has 100 valence electrons. The fourth-order valence-corrected chi connectivity index (χ4v) is 2.13. The molecule has 0 radical (unpaired) electrons. The zero-order valence-corrected chi connectivity index (χ0v) is 15.1. The van der Waals surface area contributed by atoms with Crippen molar-refractivity contribution in [2.24, 2.45) is 0 Å². The van der Waals surface area contributed by atoms with Crippen molar-refractivity contribution >= 4 is 58.8 Å². The molecule has 0 fully saturated rings. The molecule has 0 spiro atoms. The van der Waals surface area contributed by atoms with E-state index >= 15 is 0 Å². The number of hydrogen-bond acceptors (Lipinski definition) is 1. The van der Waals surface area contributed by atoms with E-state index in [0.29, 0.717) is 18.5 Å². The number of rotatable bonds is 6. The van der Waals surface area contributed by atoms with Crippen molar-refractivity contribution in [3.05, 3.63) is 0 Å². The lowest BCUT2D eigenvalue weighted by Crippen LogP contribution is -2.37. The van der Waals surface area contributed by atoms with Crippen molar-refractivity contribution in [2.45, 2.75) is 62.8 Å². The monoisotopic (exact) mass is 401 g/mol. The normalized spacial score (nSPS) is 12.4. The fraction of sp³-hybridized carbons (Fsp3) is 1.00. The van der Waals surface area contributed by atoms with Gasteiger partial charge in [0.15, 0.2) is 3.79 Å². The molecule has 0 unspecified atom stereocenters. The van der Waals surface area contributed by atoms with Crippen LogP contribution in [0.25, 0.3) is 0 Å². The second-order valence-electron chi connectivity index (χ2n) is 4.50. The van der Waals surface area contributed by atoms with Crippen molar-refractivity contribution < 1.29 is 0 Å². The van der Waals surface area contributed by atoms with E-state index in [0.717, 1.165) is 19.4 Å². The minimum absolute atomic E-state index is 0. The molecule has 0 aliphatic carbocycles. The Bertz CT molecular complexity index is 161. The molecule has 0 aromatic carbocycles. The summed E-state index contributed by atoms with van der Waals surface area (Å²) < 4.78 is -1.08. The first-order valence-corrected chi connectivity index (χ1v) is 6.70. The molecule has 5 heteroatoms. The zero-order chi connectivity index (χ0) is 12.1. The summed E-state index contributed by atoms with van der Waals surface area (Å²) in [6, 6.07) is 1.16. The summed E-state index contributed by atoms with van der Waals surface area (Å²) in [5, 5.41) is 0. The Kier molecular flexibility index (Phi) is 11.8. The number of hydrogen-bond donors (Lipinski definition) is 0. The van der Waals surface area contributed by atoms with Crippen molar-refractivity contribution in [1.29, 1.82) is 0 Å². The lowest BCUT2D eigenvalue weighted by Gasteiger charge is -2.30. The molecule has 0 aromatic rings. The van der Waals surface area contributed by atoms with E-state index in [1.54, 1.807) is 0 Å². The third-order valence-corrected chi connectivity index (χ3v) is 3.02. The summed E-state index contributed by atoms with van der Waals surface area (Å²) in [5.41, 5.74) is 0. The van der Waals surface area contributed by atoms with Crippen molar-refractivity contribution in [3.8, 4) is 0 Å². The standard InChI is InChI=1S/C11H22Cl3N.HI/c1-9(2)15(10(3)4)8-6-5-7-11(12,13)14;/h9-10H,5-8H2,1-4H3;1H. The molecule has 0 N–H and O–H groups in total. The molecular weight excluding hydrogens is 379 g/mol. The quantitative estimate of drug-likeness (QED) is 0.333. The molecule has 0 amide bonds. The van der Waals surface area contributed by atoms with Crippen LogP contribution in [0.4, 0.5) is 0 Å². The summed E-state index contributed by atoms with van der Waals surface area (Å²) in [5.74, 6) is 0. The van der Waals surface area contributed by atoms with Gasteiger partial charge in [-0.1, -0.05) is 34.8 Å². The summed E-state index contributed by atoms with van der Waals surface area (Å²) in [6.45, 7) is 9.95. The van der Waals surface area contributed by atoms with Gasteiger partial charge < -0.3 is 0 Å². The van der Waals surface area contributed by atoms with Crippen molar-refractivity contribution in [1.82, 2.24) is 4.90 Å². The Morgan fingerprint density at radius 3 is 1.69 bits per heavy atom. The van der Waals surface area contributed by atoms with Crippen LogP contribution in [-0.2, 0) is 0 Å². The van der Waals surface area contributed by atoms with Crippen LogP contribution in [0.3, 0.4) is 0 Å². The van der Waals surface area contributed by atoms with E-state index in [1.165, 1.54) is 0 Å². The highest BCUT2D eigenvalue weighted by atomic mass is 127. The minimum atomic E-state index is -1.08. The first-order chi connectivity index (χ1) is 6.74. The van der Waals surface area contributed by atoms with Crippen LogP contribution >= 0.6 is 58.8 Å². The Balaban J connectivity index is 0. The van der Waals surface area contributed by atoms with Crippen LogP contribution in [0.1, 0.15) is 47.0 Å². The number of nitrogens with zero attached hydrogens (tertiary/aromatic N) is 1. The summed E-state index contributed by atoms with van der Waals surface area (Å²) in [6.07, 6.45) is 2.69. The van der Waals surface area contributed by atoms with E-state index in [2.05, 4.69) is 32.6 Å². The van der Waals surface area contributed by atoms with Crippen LogP contribution < -0.4 is 0 Å². The Labute approximate surface area is 132 Å². The van der Waals surface area contributed by atoms with Crippen LogP contribution in [-0.4, -0.2) is 27.3 Å². The van der Waals surface area contributed by atoms with E-state index in [9.17, 15) is 0 Å². The third kappa shape index (κ3) is 10.7. The van der Waals surface area contributed by atoms with E-state index in [1.807, 2.05) is 0 Å². The maximum Gasteiger partial charge on any atom is 0.190 e. The second-order valence-corrected chi connectivity index (χ2v) is 7.01. The zero-order valence-electron chi connectivity index (χ0n) is 10.5. The predicted molar refractivity (Wildman–Crippen MR) is 86.5 cm³/mol. The van der Waals surface area contributed by atoms with Crippen LogP contribution in [0.15, 0.2) is 0 Å². The van der Waals surface area contributed by atoms with Gasteiger partial charge in [-0.25, -0.2) is 0 Å². The van der Waals surface area contributed by atoms with Crippen molar-refractivity contribution in [2.75, 3.05) is 6.54 Å². The highest BCUT2D eigenvalue weighted by Gasteiger charge is 2.19. The molecule has 0 rings (SSSR count). The molecule has 0 atom stereocenters.